The monoisotopic (exact) mass is 378 g/mol. The molecule has 0 saturated carbocycles. The maximum atomic E-state index is 12.0. The number of nitrogens with zero attached hydrogens (tertiary/aromatic N) is 5. The molecule has 25 heavy (non-hydrogen) atoms. The van der Waals surface area contributed by atoms with Gasteiger partial charge in [-0.25, -0.2) is 4.98 Å². The van der Waals surface area contributed by atoms with E-state index in [2.05, 4.69) is 25.8 Å². The van der Waals surface area contributed by atoms with Crippen LogP contribution in [0, 0.1) is 0 Å². The third-order valence-electron chi connectivity index (χ3n) is 3.03. The molecular weight excluding hydrogens is 364 g/mol. The zero-order valence-corrected chi connectivity index (χ0v) is 15.0. The van der Waals surface area contributed by atoms with E-state index in [0.29, 0.717) is 27.5 Å². The molecular formula is C14H14N6O3S2. The molecule has 1 amide bonds. The third-order valence-corrected chi connectivity index (χ3v) is 4.64. The van der Waals surface area contributed by atoms with Gasteiger partial charge in [0.05, 0.1) is 25.7 Å². The van der Waals surface area contributed by atoms with Crippen molar-refractivity contribution in [1.29, 1.82) is 0 Å². The van der Waals surface area contributed by atoms with Crippen molar-refractivity contribution in [2.24, 2.45) is 0 Å². The third kappa shape index (κ3) is 4.25. The molecule has 2 aromatic heterocycles. The second-order valence-electron chi connectivity index (χ2n) is 4.62. The lowest BCUT2D eigenvalue weighted by molar-refractivity contribution is -0.113. The summed E-state index contributed by atoms with van der Waals surface area (Å²) in [7, 11) is 3.13. The van der Waals surface area contributed by atoms with E-state index >= 15 is 0 Å². The highest BCUT2D eigenvalue weighted by molar-refractivity contribution is 7.99. The quantitative estimate of drug-likeness (QED) is 0.621. The number of amides is 1. The first kappa shape index (κ1) is 17.2. The molecule has 3 rings (SSSR count). The van der Waals surface area contributed by atoms with Gasteiger partial charge in [-0.2, -0.15) is 4.68 Å². The summed E-state index contributed by atoms with van der Waals surface area (Å²) in [6.45, 7) is 0. The minimum Gasteiger partial charge on any atom is -0.497 e. The van der Waals surface area contributed by atoms with Gasteiger partial charge in [-0.15, -0.1) is 16.4 Å². The van der Waals surface area contributed by atoms with Crippen LogP contribution in [0.15, 0.2) is 34.9 Å². The van der Waals surface area contributed by atoms with Crippen molar-refractivity contribution in [2.75, 3.05) is 25.3 Å². The summed E-state index contributed by atoms with van der Waals surface area (Å²) in [5.74, 6) is 1.20. The van der Waals surface area contributed by atoms with Crippen LogP contribution in [0.1, 0.15) is 0 Å². The lowest BCUT2D eigenvalue weighted by Gasteiger charge is -2.09. The Labute approximate surface area is 151 Å². The van der Waals surface area contributed by atoms with Gasteiger partial charge in [0.1, 0.15) is 11.5 Å². The summed E-state index contributed by atoms with van der Waals surface area (Å²) >= 11 is 2.57. The Morgan fingerprint density at radius 2 is 2.04 bits per heavy atom. The molecule has 130 valence electrons. The molecule has 2 heterocycles. The van der Waals surface area contributed by atoms with Crippen molar-refractivity contribution in [3.05, 3.63) is 29.8 Å². The molecule has 0 saturated heterocycles. The van der Waals surface area contributed by atoms with Crippen LogP contribution in [-0.4, -0.2) is 51.1 Å². The number of tetrazole rings is 1. The fraction of sp³-hybridized carbons (Fsp3) is 0.214. The van der Waals surface area contributed by atoms with Crippen LogP contribution in [0.2, 0.25) is 0 Å². The maximum Gasteiger partial charge on any atom is 0.236 e. The van der Waals surface area contributed by atoms with Crippen molar-refractivity contribution in [1.82, 2.24) is 25.2 Å². The molecule has 0 spiro atoms. The number of carbonyl (C=O) groups is 1. The first-order valence-corrected chi connectivity index (χ1v) is 8.90. The number of hydrogen-bond acceptors (Lipinski definition) is 9. The number of nitrogens with one attached hydrogen (secondary N) is 1. The van der Waals surface area contributed by atoms with Crippen molar-refractivity contribution < 1.29 is 14.3 Å². The number of thiazole rings is 1. The molecule has 9 nitrogen and oxygen atoms in total. The number of rotatable bonds is 7. The molecule has 1 aromatic carbocycles. The van der Waals surface area contributed by atoms with Gasteiger partial charge in [0, 0.05) is 29.8 Å². The van der Waals surface area contributed by atoms with Gasteiger partial charge in [0.15, 0.2) is 5.13 Å². The van der Waals surface area contributed by atoms with Crippen LogP contribution in [-0.2, 0) is 4.79 Å². The minimum absolute atomic E-state index is 0.154. The molecule has 0 bridgehead atoms. The Bertz CT molecular complexity index is 830. The Hall–Kier alpha value is -2.66. The fourth-order valence-electron chi connectivity index (χ4n) is 1.92. The second kappa shape index (κ2) is 7.94. The van der Waals surface area contributed by atoms with Gasteiger partial charge in [-0.1, -0.05) is 11.8 Å². The van der Waals surface area contributed by atoms with Crippen molar-refractivity contribution in [3.8, 4) is 17.2 Å². The molecule has 0 aliphatic rings. The number of thioether (sulfide) groups is 1. The summed E-state index contributed by atoms with van der Waals surface area (Å²) in [5.41, 5.74) is 0.670. The molecule has 0 aliphatic carbocycles. The van der Waals surface area contributed by atoms with Crippen molar-refractivity contribution in [3.63, 3.8) is 0 Å². The Kier molecular flexibility index (Phi) is 5.46. The van der Waals surface area contributed by atoms with E-state index < -0.39 is 0 Å². The summed E-state index contributed by atoms with van der Waals surface area (Å²) < 4.78 is 12.0. The van der Waals surface area contributed by atoms with Crippen LogP contribution in [0.25, 0.3) is 5.69 Å². The Morgan fingerprint density at radius 3 is 2.68 bits per heavy atom. The normalized spacial score (nSPS) is 10.5. The first-order valence-electron chi connectivity index (χ1n) is 7.03. The summed E-state index contributed by atoms with van der Waals surface area (Å²) in [6, 6.07) is 5.30. The number of benzene rings is 1. The average Bonchev–Trinajstić information content (AvgIpc) is 3.31. The first-order chi connectivity index (χ1) is 12.2. The molecule has 0 radical (unpaired) electrons. The van der Waals surface area contributed by atoms with E-state index in [-0.39, 0.29) is 11.7 Å². The highest BCUT2D eigenvalue weighted by atomic mass is 32.2. The number of anilines is 1. The Morgan fingerprint density at radius 1 is 1.28 bits per heavy atom. The van der Waals surface area contributed by atoms with Crippen LogP contribution in [0.4, 0.5) is 5.13 Å². The zero-order valence-electron chi connectivity index (χ0n) is 13.4. The summed E-state index contributed by atoms with van der Waals surface area (Å²) in [5, 5.41) is 17.2. The van der Waals surface area contributed by atoms with Gasteiger partial charge < -0.3 is 14.8 Å². The standard InChI is InChI=1S/C14H14N6O3S2/c1-22-10-5-9(6-11(7-10)23-2)20-14(17-18-19-20)25-8-12(21)16-13-15-3-4-24-13/h3-7H,8H2,1-2H3,(H,15,16,21). The van der Waals surface area contributed by atoms with Crippen LogP contribution < -0.4 is 14.8 Å². The highest BCUT2D eigenvalue weighted by Crippen LogP contribution is 2.27. The SMILES string of the molecule is COc1cc(OC)cc(-n2nnnc2SCC(=O)Nc2nccs2)c1. The maximum absolute atomic E-state index is 12.0. The summed E-state index contributed by atoms with van der Waals surface area (Å²) in [6.07, 6.45) is 1.63. The lowest BCUT2D eigenvalue weighted by Crippen LogP contribution is -2.14. The van der Waals surface area contributed by atoms with E-state index in [1.165, 1.54) is 27.8 Å². The number of methoxy groups -OCH3 is 2. The van der Waals surface area contributed by atoms with Gasteiger partial charge in [0.25, 0.3) is 0 Å². The lowest BCUT2D eigenvalue weighted by atomic mass is 10.3. The average molecular weight is 378 g/mol. The number of aromatic nitrogens is 5. The Balaban J connectivity index is 1.73. The van der Waals surface area contributed by atoms with Gasteiger partial charge >= 0.3 is 0 Å². The van der Waals surface area contributed by atoms with Crippen molar-refractivity contribution in [2.45, 2.75) is 5.16 Å². The van der Waals surface area contributed by atoms with E-state index in [0.717, 1.165) is 0 Å². The van der Waals surface area contributed by atoms with E-state index in [1.54, 1.807) is 44.0 Å². The molecule has 0 fully saturated rings. The van der Waals surface area contributed by atoms with E-state index in [1.807, 2.05) is 0 Å². The second-order valence-corrected chi connectivity index (χ2v) is 6.46. The van der Waals surface area contributed by atoms with E-state index in [9.17, 15) is 4.79 Å². The van der Waals surface area contributed by atoms with Crippen LogP contribution >= 0.6 is 23.1 Å². The van der Waals surface area contributed by atoms with Crippen LogP contribution in [0.3, 0.4) is 0 Å². The molecule has 1 N–H and O–H groups in total. The molecule has 0 aliphatic heterocycles. The number of ether oxygens (including phenoxy) is 2. The molecule has 11 heteroatoms. The number of hydrogen-bond donors (Lipinski definition) is 1. The fourth-order valence-corrected chi connectivity index (χ4v) is 3.15. The van der Waals surface area contributed by atoms with E-state index in [4.69, 9.17) is 9.47 Å². The largest absolute Gasteiger partial charge is 0.497 e. The highest BCUT2D eigenvalue weighted by Gasteiger charge is 2.14. The van der Waals surface area contributed by atoms with Crippen LogP contribution in [0.5, 0.6) is 11.5 Å². The predicted octanol–water partition coefficient (Wildman–Crippen LogP) is 1.87. The van der Waals surface area contributed by atoms with Gasteiger partial charge in [0.2, 0.25) is 11.1 Å². The molecule has 3 aromatic rings. The zero-order chi connectivity index (χ0) is 17.6. The van der Waals surface area contributed by atoms with Gasteiger partial charge in [-0.3, -0.25) is 4.79 Å². The van der Waals surface area contributed by atoms with Gasteiger partial charge in [-0.05, 0) is 10.4 Å². The summed E-state index contributed by atoms with van der Waals surface area (Å²) in [4.78, 5) is 16.0. The minimum atomic E-state index is -0.183. The molecule has 0 unspecified atom stereocenters. The smallest absolute Gasteiger partial charge is 0.236 e. The van der Waals surface area contributed by atoms with Crippen molar-refractivity contribution >= 4 is 34.1 Å². The predicted molar refractivity (Wildman–Crippen MR) is 93.7 cm³/mol. The topological polar surface area (TPSA) is 104 Å². The molecule has 0 atom stereocenters. The number of carbonyl (C=O) groups excluding carboxylic acids is 1.